The highest BCUT2D eigenvalue weighted by molar-refractivity contribution is 5.83. The molecule has 1 amide bonds. The van der Waals surface area contributed by atoms with Gasteiger partial charge < -0.3 is 25.4 Å². The van der Waals surface area contributed by atoms with Crippen LogP contribution in [0.25, 0.3) is 0 Å². The zero-order chi connectivity index (χ0) is 17.2. The molecule has 0 aromatic heterocycles. The lowest BCUT2D eigenvalue weighted by molar-refractivity contribution is -0.125. The topological polar surface area (TPSA) is 73.8 Å². The number of ether oxygens (including phenoxy) is 1. The van der Waals surface area contributed by atoms with Gasteiger partial charge in [-0.15, -0.1) is 0 Å². The molecule has 6 nitrogen and oxygen atoms in total. The molecule has 2 atom stereocenters. The van der Waals surface area contributed by atoms with Crippen molar-refractivity contribution in [3.05, 3.63) is 24.7 Å². The fourth-order valence-electron chi connectivity index (χ4n) is 2.64. The summed E-state index contributed by atoms with van der Waals surface area (Å²) in [6, 6.07) is -0.0369. The van der Waals surface area contributed by atoms with Crippen LogP contribution >= 0.6 is 0 Å². The second kappa shape index (κ2) is 6.83. The summed E-state index contributed by atoms with van der Waals surface area (Å²) in [5.41, 5.74) is 0.429. The molecule has 2 fully saturated rings. The van der Waals surface area contributed by atoms with Crippen molar-refractivity contribution in [1.82, 2.24) is 15.5 Å². The third-order valence-electron chi connectivity index (χ3n) is 3.83. The Morgan fingerprint density at radius 2 is 2.00 bits per heavy atom. The number of rotatable bonds is 7. The van der Waals surface area contributed by atoms with E-state index in [4.69, 9.17) is 4.74 Å². The van der Waals surface area contributed by atoms with Gasteiger partial charge in [0.25, 0.3) is 0 Å². The number of aliphatic hydroxyl groups excluding tert-OH is 1. The minimum absolute atomic E-state index is 0.0185. The zero-order valence-corrected chi connectivity index (χ0v) is 14.4. The number of amides is 1. The second-order valence-corrected chi connectivity index (χ2v) is 7.40. The van der Waals surface area contributed by atoms with Crippen molar-refractivity contribution in [3.63, 3.8) is 0 Å². The number of β-amino-alcohol motifs (C(OH)–C–C–N with tert-alkyl or cyclic N) is 1. The van der Waals surface area contributed by atoms with E-state index < -0.39 is 6.10 Å². The van der Waals surface area contributed by atoms with Gasteiger partial charge in [-0.25, -0.2) is 0 Å². The van der Waals surface area contributed by atoms with Gasteiger partial charge in [0, 0.05) is 24.7 Å². The van der Waals surface area contributed by atoms with Crippen LogP contribution in [0.1, 0.15) is 40.0 Å². The Bertz CT molecular complexity index is 480. The SMILES string of the molecule is C=C(NCC(=C)N1C[C@@H](O)C[C@H]1C(=O)NC1CC1)OC(C)(C)C. The maximum Gasteiger partial charge on any atom is 0.243 e. The number of nitrogens with zero attached hydrogens (tertiary/aromatic N) is 1. The number of hydrogen-bond acceptors (Lipinski definition) is 5. The highest BCUT2D eigenvalue weighted by Crippen LogP contribution is 2.25. The maximum absolute atomic E-state index is 12.3. The van der Waals surface area contributed by atoms with Crippen molar-refractivity contribution in [2.75, 3.05) is 13.1 Å². The van der Waals surface area contributed by atoms with E-state index in [2.05, 4.69) is 23.8 Å². The van der Waals surface area contributed by atoms with Gasteiger partial charge in [-0.3, -0.25) is 4.79 Å². The molecule has 3 N–H and O–H groups in total. The van der Waals surface area contributed by atoms with Crippen LogP contribution in [-0.2, 0) is 9.53 Å². The quantitative estimate of drug-likeness (QED) is 0.612. The van der Waals surface area contributed by atoms with Crippen LogP contribution in [0, 0.1) is 0 Å². The van der Waals surface area contributed by atoms with Crippen molar-refractivity contribution < 1.29 is 14.6 Å². The summed E-state index contributed by atoms with van der Waals surface area (Å²) in [7, 11) is 0. The summed E-state index contributed by atoms with van der Waals surface area (Å²) in [6.07, 6.45) is 2.04. The maximum atomic E-state index is 12.3. The molecular weight excluding hydrogens is 294 g/mol. The van der Waals surface area contributed by atoms with E-state index in [1.54, 1.807) is 0 Å². The summed E-state index contributed by atoms with van der Waals surface area (Å²) in [5.74, 6) is 0.451. The number of carbonyl (C=O) groups is 1. The number of nitrogens with one attached hydrogen (secondary N) is 2. The first-order valence-corrected chi connectivity index (χ1v) is 8.20. The first kappa shape index (κ1) is 17.7. The van der Waals surface area contributed by atoms with E-state index >= 15 is 0 Å². The average Bonchev–Trinajstić information content (AvgIpc) is 3.13. The molecule has 1 saturated heterocycles. The van der Waals surface area contributed by atoms with Crippen LogP contribution < -0.4 is 10.6 Å². The second-order valence-electron chi connectivity index (χ2n) is 7.40. The number of carbonyl (C=O) groups excluding carboxylic acids is 1. The van der Waals surface area contributed by atoms with Crippen LogP contribution in [0.4, 0.5) is 0 Å². The smallest absolute Gasteiger partial charge is 0.243 e. The summed E-state index contributed by atoms with van der Waals surface area (Å²) in [5, 5.41) is 16.0. The molecule has 0 aromatic rings. The van der Waals surface area contributed by atoms with Crippen molar-refractivity contribution >= 4 is 5.91 Å². The molecule has 1 aliphatic heterocycles. The average molecular weight is 323 g/mol. The zero-order valence-electron chi connectivity index (χ0n) is 14.4. The standard InChI is InChI=1S/C17H29N3O3/c1-11(9-18-12(2)23-17(3,4)5)20-10-14(21)8-15(20)16(22)19-13-6-7-13/h13-15,18,21H,1-2,6-10H2,3-5H3,(H,19,22)/t14-,15-/m0/s1. The van der Waals surface area contributed by atoms with E-state index in [1.165, 1.54) is 0 Å². The Morgan fingerprint density at radius 1 is 1.35 bits per heavy atom. The molecule has 2 rings (SSSR count). The molecule has 0 unspecified atom stereocenters. The summed E-state index contributed by atoms with van der Waals surface area (Å²) in [6.45, 7) is 14.6. The molecule has 1 heterocycles. The Morgan fingerprint density at radius 3 is 2.57 bits per heavy atom. The van der Waals surface area contributed by atoms with Crippen molar-refractivity contribution in [1.29, 1.82) is 0 Å². The molecule has 130 valence electrons. The Balaban J connectivity index is 1.86. The fraction of sp³-hybridized carbons (Fsp3) is 0.706. The van der Waals surface area contributed by atoms with Crippen LogP contribution in [0.5, 0.6) is 0 Å². The number of hydrogen-bond donors (Lipinski definition) is 3. The predicted molar refractivity (Wildman–Crippen MR) is 89.4 cm³/mol. The number of likely N-dealkylation sites (tertiary alicyclic amines) is 1. The minimum atomic E-state index is -0.504. The molecule has 2 aliphatic rings. The van der Waals surface area contributed by atoms with Gasteiger partial charge in [-0.2, -0.15) is 0 Å². The molecule has 6 heteroatoms. The largest absolute Gasteiger partial charge is 0.474 e. The third-order valence-corrected chi connectivity index (χ3v) is 3.83. The van der Waals surface area contributed by atoms with Crippen molar-refractivity contribution in [2.45, 2.75) is 63.8 Å². The van der Waals surface area contributed by atoms with E-state index in [9.17, 15) is 9.90 Å². The van der Waals surface area contributed by atoms with Crippen LogP contribution in [0.15, 0.2) is 24.7 Å². The van der Waals surface area contributed by atoms with Crippen LogP contribution in [-0.4, -0.2) is 52.8 Å². The first-order chi connectivity index (χ1) is 10.7. The Hall–Kier alpha value is -1.69. The predicted octanol–water partition coefficient (Wildman–Crippen LogP) is 1.09. The molecule has 0 bridgehead atoms. The van der Waals surface area contributed by atoms with E-state index in [0.717, 1.165) is 18.5 Å². The van der Waals surface area contributed by atoms with Gasteiger partial charge in [0.1, 0.15) is 11.6 Å². The van der Waals surface area contributed by atoms with Crippen molar-refractivity contribution in [3.8, 4) is 0 Å². The third kappa shape index (κ3) is 5.46. The van der Waals surface area contributed by atoms with Crippen molar-refractivity contribution in [2.24, 2.45) is 0 Å². The number of aliphatic hydroxyl groups is 1. The first-order valence-electron chi connectivity index (χ1n) is 8.20. The molecule has 0 radical (unpaired) electrons. The van der Waals surface area contributed by atoms with Gasteiger partial charge in [0.15, 0.2) is 5.88 Å². The highest BCUT2D eigenvalue weighted by Gasteiger charge is 2.38. The normalized spacial score (nSPS) is 24.3. The lowest BCUT2D eigenvalue weighted by atomic mass is 10.2. The molecule has 0 aromatic carbocycles. The summed E-state index contributed by atoms with van der Waals surface area (Å²) in [4.78, 5) is 14.2. The van der Waals surface area contributed by atoms with E-state index in [-0.39, 0.29) is 17.6 Å². The van der Waals surface area contributed by atoms with Crippen LogP contribution in [0.2, 0.25) is 0 Å². The fourth-order valence-corrected chi connectivity index (χ4v) is 2.64. The van der Waals surface area contributed by atoms with Gasteiger partial charge >= 0.3 is 0 Å². The minimum Gasteiger partial charge on any atom is -0.474 e. The van der Waals surface area contributed by atoms with Gasteiger partial charge in [0.2, 0.25) is 5.91 Å². The molecule has 1 saturated carbocycles. The summed E-state index contributed by atoms with van der Waals surface area (Å²) < 4.78 is 5.61. The molecular formula is C17H29N3O3. The van der Waals surface area contributed by atoms with Gasteiger partial charge in [-0.05, 0) is 40.2 Å². The molecule has 0 spiro atoms. The van der Waals surface area contributed by atoms with Gasteiger partial charge in [0.05, 0.1) is 12.6 Å². The lowest BCUT2D eigenvalue weighted by Gasteiger charge is -2.29. The lowest BCUT2D eigenvalue weighted by Crippen LogP contribution is -2.44. The Kier molecular flexibility index (Phi) is 5.24. The monoisotopic (exact) mass is 323 g/mol. The molecule has 1 aliphatic carbocycles. The van der Waals surface area contributed by atoms with E-state index in [1.807, 2.05) is 25.7 Å². The summed E-state index contributed by atoms with van der Waals surface area (Å²) >= 11 is 0. The molecule has 23 heavy (non-hydrogen) atoms. The van der Waals surface area contributed by atoms with Crippen LogP contribution in [0.3, 0.4) is 0 Å². The highest BCUT2D eigenvalue weighted by atomic mass is 16.5. The van der Waals surface area contributed by atoms with Gasteiger partial charge in [-0.1, -0.05) is 6.58 Å². The van der Waals surface area contributed by atoms with E-state index in [0.29, 0.717) is 31.4 Å². The Labute approximate surface area is 138 Å².